The fourth-order valence-electron chi connectivity index (χ4n) is 3.68. The van der Waals surface area contributed by atoms with Gasteiger partial charge >= 0.3 is 0 Å². The smallest absolute Gasteiger partial charge is 0.252 e. The van der Waals surface area contributed by atoms with E-state index in [0.717, 1.165) is 36.5 Å². The summed E-state index contributed by atoms with van der Waals surface area (Å²) in [6.45, 7) is 4.10. The fraction of sp³-hybridized carbons (Fsp3) is 0.474. The van der Waals surface area contributed by atoms with Crippen LogP contribution in [0, 0.1) is 0 Å². The second kappa shape index (κ2) is 8.18. The van der Waals surface area contributed by atoms with E-state index in [1.165, 1.54) is 11.3 Å². The van der Waals surface area contributed by atoms with Crippen molar-refractivity contribution < 1.29 is 13.2 Å². The van der Waals surface area contributed by atoms with Gasteiger partial charge in [-0.3, -0.25) is 9.78 Å². The number of hydrogen-bond donors (Lipinski definition) is 0. The molecule has 0 aromatic carbocycles. The minimum Gasteiger partial charge on any atom is -0.368 e. The summed E-state index contributed by atoms with van der Waals surface area (Å²) in [5, 5.41) is 0. The van der Waals surface area contributed by atoms with Crippen molar-refractivity contribution in [1.82, 2.24) is 14.2 Å². The molecule has 0 unspecified atom stereocenters. The summed E-state index contributed by atoms with van der Waals surface area (Å²) in [6.07, 6.45) is 5.65. The van der Waals surface area contributed by atoms with Gasteiger partial charge in [-0.1, -0.05) is 0 Å². The van der Waals surface area contributed by atoms with E-state index in [9.17, 15) is 13.2 Å². The highest BCUT2D eigenvalue weighted by atomic mass is 32.2. The first-order valence-electron chi connectivity index (χ1n) is 9.56. The van der Waals surface area contributed by atoms with E-state index in [0.29, 0.717) is 30.4 Å². The van der Waals surface area contributed by atoms with Crippen molar-refractivity contribution in [3.8, 4) is 0 Å². The van der Waals surface area contributed by atoms with Gasteiger partial charge in [0, 0.05) is 62.2 Å². The Labute approximate surface area is 169 Å². The molecule has 0 saturated carbocycles. The Morgan fingerprint density at radius 3 is 2.32 bits per heavy atom. The van der Waals surface area contributed by atoms with Gasteiger partial charge in [0.2, 0.25) is 5.91 Å². The number of anilines is 1. The van der Waals surface area contributed by atoms with Crippen molar-refractivity contribution in [1.29, 1.82) is 0 Å². The minimum absolute atomic E-state index is 0.0568. The SMILES string of the molecule is O=C(Cc1ccc(S(=O)(=O)N2CCCC2)s1)N1CCN(c2ccncc2)CC1. The number of piperazine rings is 1. The van der Waals surface area contributed by atoms with Crippen molar-refractivity contribution in [2.75, 3.05) is 44.2 Å². The van der Waals surface area contributed by atoms with Crippen LogP contribution >= 0.6 is 11.3 Å². The average Bonchev–Trinajstić information content (AvgIpc) is 3.42. The molecule has 4 rings (SSSR count). The van der Waals surface area contributed by atoms with Gasteiger partial charge in [-0.15, -0.1) is 11.3 Å². The molecule has 2 aliphatic rings. The second-order valence-corrected chi connectivity index (χ2v) is 10.4. The van der Waals surface area contributed by atoms with Crippen molar-refractivity contribution in [2.24, 2.45) is 0 Å². The van der Waals surface area contributed by atoms with Crippen LogP contribution in [-0.4, -0.2) is 67.8 Å². The third kappa shape index (κ3) is 4.06. The highest BCUT2D eigenvalue weighted by molar-refractivity contribution is 7.91. The zero-order valence-corrected chi connectivity index (χ0v) is 17.3. The predicted octanol–water partition coefficient (Wildman–Crippen LogP) is 1.82. The van der Waals surface area contributed by atoms with Crippen LogP contribution in [0.3, 0.4) is 0 Å². The molecule has 0 aliphatic carbocycles. The Morgan fingerprint density at radius 1 is 0.964 bits per heavy atom. The van der Waals surface area contributed by atoms with Crippen LogP contribution in [0.5, 0.6) is 0 Å². The molecule has 0 spiro atoms. The van der Waals surface area contributed by atoms with Crippen molar-refractivity contribution in [3.63, 3.8) is 0 Å². The zero-order chi connectivity index (χ0) is 19.6. The molecule has 2 aromatic rings. The summed E-state index contributed by atoms with van der Waals surface area (Å²) in [7, 11) is -3.40. The molecule has 150 valence electrons. The van der Waals surface area contributed by atoms with Crippen molar-refractivity contribution in [2.45, 2.75) is 23.5 Å². The number of hydrogen-bond acceptors (Lipinski definition) is 6. The molecule has 0 radical (unpaired) electrons. The first-order valence-corrected chi connectivity index (χ1v) is 11.8. The van der Waals surface area contributed by atoms with E-state index in [1.54, 1.807) is 28.8 Å². The van der Waals surface area contributed by atoms with Crippen LogP contribution < -0.4 is 4.90 Å². The third-order valence-corrected chi connectivity index (χ3v) is 8.73. The first-order chi connectivity index (χ1) is 13.5. The molecular formula is C19H24N4O3S2. The Morgan fingerprint density at radius 2 is 1.64 bits per heavy atom. The summed E-state index contributed by atoms with van der Waals surface area (Å²) in [4.78, 5) is 21.6. The number of aromatic nitrogens is 1. The number of amides is 1. The monoisotopic (exact) mass is 420 g/mol. The maximum absolute atomic E-state index is 12.7. The second-order valence-electron chi connectivity index (χ2n) is 7.08. The molecule has 9 heteroatoms. The lowest BCUT2D eigenvalue weighted by atomic mass is 10.2. The van der Waals surface area contributed by atoms with E-state index >= 15 is 0 Å². The molecule has 2 aromatic heterocycles. The highest BCUT2D eigenvalue weighted by Crippen LogP contribution is 2.28. The Kier molecular flexibility index (Phi) is 5.65. The van der Waals surface area contributed by atoms with Gasteiger partial charge in [-0.2, -0.15) is 4.31 Å². The largest absolute Gasteiger partial charge is 0.368 e. The fourth-order valence-corrected chi connectivity index (χ4v) is 6.70. The van der Waals surface area contributed by atoms with Crippen LogP contribution in [-0.2, 0) is 21.2 Å². The van der Waals surface area contributed by atoms with Crippen LogP contribution in [0.2, 0.25) is 0 Å². The summed E-state index contributed by atoms with van der Waals surface area (Å²) in [5.74, 6) is 0.0568. The van der Waals surface area contributed by atoms with Crippen LogP contribution in [0.15, 0.2) is 40.9 Å². The number of pyridine rings is 1. The topological polar surface area (TPSA) is 73.8 Å². The number of carbonyl (C=O) groups excluding carboxylic acids is 1. The number of rotatable bonds is 5. The summed E-state index contributed by atoms with van der Waals surface area (Å²) in [5.41, 5.74) is 1.12. The molecule has 0 N–H and O–H groups in total. The van der Waals surface area contributed by atoms with E-state index in [1.807, 2.05) is 17.0 Å². The number of carbonyl (C=O) groups is 1. The molecule has 0 atom stereocenters. The molecule has 2 saturated heterocycles. The number of nitrogens with zero attached hydrogens (tertiary/aromatic N) is 4. The van der Waals surface area contributed by atoms with E-state index in [4.69, 9.17) is 0 Å². The molecule has 7 nitrogen and oxygen atoms in total. The molecule has 4 heterocycles. The van der Waals surface area contributed by atoms with Gasteiger partial charge in [0.15, 0.2) is 0 Å². The maximum Gasteiger partial charge on any atom is 0.252 e. The minimum atomic E-state index is -3.40. The van der Waals surface area contributed by atoms with Crippen LogP contribution in [0.25, 0.3) is 0 Å². The Bertz CT molecular complexity index is 916. The summed E-state index contributed by atoms with van der Waals surface area (Å²) in [6, 6.07) is 7.37. The molecule has 2 fully saturated rings. The normalized spacial score (nSPS) is 18.6. The lowest BCUT2D eigenvalue weighted by Gasteiger charge is -2.36. The molecule has 2 aliphatic heterocycles. The number of thiophene rings is 1. The lowest BCUT2D eigenvalue weighted by Crippen LogP contribution is -2.49. The van der Waals surface area contributed by atoms with Gasteiger partial charge in [0.05, 0.1) is 6.42 Å². The van der Waals surface area contributed by atoms with Gasteiger partial charge in [-0.05, 0) is 37.1 Å². The van der Waals surface area contributed by atoms with Crippen molar-refractivity contribution >= 4 is 33.0 Å². The molecule has 1 amide bonds. The van der Waals surface area contributed by atoms with Crippen LogP contribution in [0.4, 0.5) is 5.69 Å². The Balaban J connectivity index is 1.34. The van der Waals surface area contributed by atoms with Crippen LogP contribution in [0.1, 0.15) is 17.7 Å². The summed E-state index contributed by atoms with van der Waals surface area (Å²) >= 11 is 1.22. The maximum atomic E-state index is 12.7. The standard InChI is InChI=1S/C19H24N4O3S2/c24-18(22-13-11-21(12-14-22)16-5-7-20-8-6-16)15-17-3-4-19(27-17)28(25,26)23-9-1-2-10-23/h3-8H,1-2,9-15H2. The van der Waals surface area contributed by atoms with Gasteiger partial charge in [0.25, 0.3) is 10.0 Å². The van der Waals surface area contributed by atoms with E-state index in [2.05, 4.69) is 9.88 Å². The van der Waals surface area contributed by atoms with Gasteiger partial charge < -0.3 is 9.80 Å². The highest BCUT2D eigenvalue weighted by Gasteiger charge is 2.29. The average molecular weight is 421 g/mol. The molecule has 0 bridgehead atoms. The lowest BCUT2D eigenvalue weighted by molar-refractivity contribution is -0.130. The first kappa shape index (κ1) is 19.4. The zero-order valence-electron chi connectivity index (χ0n) is 15.7. The summed E-state index contributed by atoms with van der Waals surface area (Å²) < 4.78 is 27.2. The predicted molar refractivity (Wildman–Crippen MR) is 109 cm³/mol. The van der Waals surface area contributed by atoms with E-state index < -0.39 is 10.0 Å². The molecule has 28 heavy (non-hydrogen) atoms. The van der Waals surface area contributed by atoms with Crippen molar-refractivity contribution in [3.05, 3.63) is 41.5 Å². The number of sulfonamides is 1. The van der Waals surface area contributed by atoms with Gasteiger partial charge in [0.1, 0.15) is 4.21 Å². The third-order valence-electron chi connectivity index (χ3n) is 5.28. The van der Waals surface area contributed by atoms with Gasteiger partial charge in [-0.25, -0.2) is 8.42 Å². The van der Waals surface area contributed by atoms with E-state index in [-0.39, 0.29) is 12.3 Å². The molecular weight excluding hydrogens is 396 g/mol. The quantitative estimate of drug-likeness (QED) is 0.738. The Hall–Kier alpha value is -1.97.